The van der Waals surface area contributed by atoms with Crippen LogP contribution in [0.2, 0.25) is 5.02 Å². The largest absolute Gasteiger partial charge is 0.449 e. The lowest BCUT2D eigenvalue weighted by molar-refractivity contribution is -0.0124. The summed E-state index contributed by atoms with van der Waals surface area (Å²) >= 11 is 6.43. The van der Waals surface area contributed by atoms with E-state index >= 15 is 0 Å². The van der Waals surface area contributed by atoms with Crippen LogP contribution in [-0.4, -0.2) is 66.2 Å². The van der Waals surface area contributed by atoms with Gasteiger partial charge in [0.25, 0.3) is 12.3 Å². The lowest BCUT2D eigenvalue weighted by Crippen LogP contribution is -2.55. The number of carbonyl (C=O) groups is 2. The van der Waals surface area contributed by atoms with Crippen LogP contribution in [0.4, 0.5) is 13.6 Å². The van der Waals surface area contributed by atoms with Crippen molar-refractivity contribution in [2.45, 2.75) is 25.2 Å². The molecule has 3 aliphatic rings. The van der Waals surface area contributed by atoms with Crippen LogP contribution >= 0.6 is 11.6 Å². The molecule has 2 amide bonds. The van der Waals surface area contributed by atoms with Gasteiger partial charge in [0.05, 0.1) is 17.1 Å². The zero-order valence-corrected chi connectivity index (χ0v) is 16.8. The Bertz CT molecular complexity index is 1020. The second kappa shape index (κ2) is 7.39. The van der Waals surface area contributed by atoms with Crippen molar-refractivity contribution in [3.63, 3.8) is 0 Å². The van der Waals surface area contributed by atoms with Crippen molar-refractivity contribution in [1.82, 2.24) is 14.9 Å². The van der Waals surface area contributed by atoms with E-state index in [-0.39, 0.29) is 33.9 Å². The number of furan rings is 1. The van der Waals surface area contributed by atoms with Gasteiger partial charge in [0.2, 0.25) is 5.76 Å². The van der Waals surface area contributed by atoms with Gasteiger partial charge in [0.15, 0.2) is 0 Å². The minimum Gasteiger partial charge on any atom is -0.449 e. The fraction of sp³-hybridized carbons (Fsp3) is 0.500. The highest BCUT2D eigenvalue weighted by atomic mass is 35.5. The summed E-state index contributed by atoms with van der Waals surface area (Å²) in [6, 6.07) is 3.23. The highest BCUT2D eigenvalue weighted by Gasteiger charge is 2.34. The molecule has 1 aliphatic carbocycles. The minimum absolute atomic E-state index is 0.0267. The number of nitrogens with zero attached hydrogens (tertiary/aromatic N) is 3. The second-order valence-corrected chi connectivity index (χ2v) is 8.17. The zero-order chi connectivity index (χ0) is 21.0. The first-order valence-electron chi connectivity index (χ1n) is 9.96. The number of alkyl halides is 2. The Morgan fingerprint density at radius 3 is 2.47 bits per heavy atom. The van der Waals surface area contributed by atoms with Crippen LogP contribution in [0.5, 0.6) is 0 Å². The SMILES string of the molecule is O=C(c1oc2c(C(F)F)cc(C3CC3)cc2c1Cl)N1CCN(N2CCOC2=O)CC1. The molecule has 30 heavy (non-hydrogen) atoms. The molecule has 0 spiro atoms. The number of fused-ring (bicyclic) bond motifs is 1. The van der Waals surface area contributed by atoms with Crippen molar-refractivity contribution in [1.29, 1.82) is 0 Å². The molecule has 1 aromatic heterocycles. The summed E-state index contributed by atoms with van der Waals surface area (Å²) in [5, 5.41) is 3.81. The average Bonchev–Trinajstić information content (AvgIpc) is 3.43. The van der Waals surface area contributed by atoms with Crippen molar-refractivity contribution in [2.75, 3.05) is 39.3 Å². The lowest BCUT2D eigenvalue weighted by Gasteiger charge is -2.37. The number of carbonyl (C=O) groups excluding carboxylic acids is 2. The van der Waals surface area contributed by atoms with E-state index in [4.69, 9.17) is 20.8 Å². The Labute approximate surface area is 176 Å². The maximum absolute atomic E-state index is 13.6. The van der Waals surface area contributed by atoms with Crippen molar-refractivity contribution < 1.29 is 27.5 Å². The Morgan fingerprint density at radius 1 is 1.13 bits per heavy atom. The summed E-state index contributed by atoms with van der Waals surface area (Å²) in [4.78, 5) is 26.3. The van der Waals surface area contributed by atoms with E-state index in [1.165, 1.54) is 11.1 Å². The van der Waals surface area contributed by atoms with Crippen LogP contribution in [0.25, 0.3) is 11.0 Å². The number of hydrogen-bond donors (Lipinski definition) is 0. The van der Waals surface area contributed by atoms with Crippen LogP contribution in [0.1, 0.15) is 46.9 Å². The number of ether oxygens (including phenoxy) is 1. The molecule has 1 aromatic carbocycles. The van der Waals surface area contributed by atoms with Crippen molar-refractivity contribution in [3.05, 3.63) is 34.0 Å². The fourth-order valence-corrected chi connectivity index (χ4v) is 4.36. The summed E-state index contributed by atoms with van der Waals surface area (Å²) in [5.41, 5.74) is 0.555. The van der Waals surface area contributed by atoms with Crippen LogP contribution in [0.3, 0.4) is 0 Å². The number of piperazine rings is 1. The number of cyclic esters (lactones) is 1. The molecule has 10 heteroatoms. The highest BCUT2D eigenvalue weighted by Crippen LogP contribution is 2.45. The molecule has 0 atom stereocenters. The third kappa shape index (κ3) is 3.30. The predicted molar refractivity (Wildman–Crippen MR) is 104 cm³/mol. The molecule has 0 unspecified atom stereocenters. The first kappa shape index (κ1) is 19.6. The zero-order valence-electron chi connectivity index (χ0n) is 16.1. The number of rotatable bonds is 4. The Kier molecular flexibility index (Phi) is 4.82. The van der Waals surface area contributed by atoms with Crippen LogP contribution in [0, 0.1) is 0 Å². The van der Waals surface area contributed by atoms with Gasteiger partial charge in [0.1, 0.15) is 12.2 Å². The highest BCUT2D eigenvalue weighted by molar-refractivity contribution is 6.38. The molecule has 2 saturated heterocycles. The van der Waals surface area contributed by atoms with Crippen molar-refractivity contribution in [2.24, 2.45) is 0 Å². The normalized spacial score (nSPS) is 20.5. The van der Waals surface area contributed by atoms with Crippen LogP contribution < -0.4 is 0 Å². The number of amides is 2. The molecule has 0 bridgehead atoms. The fourth-order valence-electron chi connectivity index (χ4n) is 4.10. The minimum atomic E-state index is -2.72. The van der Waals surface area contributed by atoms with Gasteiger partial charge < -0.3 is 14.1 Å². The van der Waals surface area contributed by atoms with E-state index in [1.54, 1.807) is 11.0 Å². The van der Waals surface area contributed by atoms with E-state index in [0.29, 0.717) is 44.7 Å². The summed E-state index contributed by atoms with van der Waals surface area (Å²) in [5.74, 6) is -0.286. The Morgan fingerprint density at radius 2 is 1.87 bits per heavy atom. The van der Waals surface area contributed by atoms with Crippen LogP contribution in [0.15, 0.2) is 16.5 Å². The van der Waals surface area contributed by atoms with E-state index in [0.717, 1.165) is 18.4 Å². The molecule has 3 fully saturated rings. The number of hydrazine groups is 1. The van der Waals surface area contributed by atoms with Gasteiger partial charge in [-0.25, -0.2) is 23.6 Å². The van der Waals surface area contributed by atoms with E-state index in [2.05, 4.69) is 0 Å². The predicted octanol–water partition coefficient (Wildman–Crippen LogP) is 4.03. The van der Waals surface area contributed by atoms with Gasteiger partial charge in [0, 0.05) is 31.6 Å². The molecule has 5 rings (SSSR count). The molecule has 0 N–H and O–H groups in total. The van der Waals surface area contributed by atoms with E-state index in [9.17, 15) is 18.4 Å². The maximum Gasteiger partial charge on any atom is 0.424 e. The first-order valence-corrected chi connectivity index (χ1v) is 10.3. The Balaban J connectivity index is 1.39. The summed E-state index contributed by atoms with van der Waals surface area (Å²) in [7, 11) is 0. The van der Waals surface area contributed by atoms with Gasteiger partial charge in [-0.1, -0.05) is 11.6 Å². The molecule has 2 aliphatic heterocycles. The summed E-state index contributed by atoms with van der Waals surface area (Å²) in [6.07, 6.45) is -1.18. The van der Waals surface area contributed by atoms with E-state index in [1.807, 2.05) is 5.01 Å². The maximum atomic E-state index is 13.6. The molecule has 7 nitrogen and oxygen atoms in total. The quantitative estimate of drug-likeness (QED) is 0.719. The van der Waals surface area contributed by atoms with Gasteiger partial charge in [-0.15, -0.1) is 0 Å². The lowest BCUT2D eigenvalue weighted by atomic mass is 10.0. The van der Waals surface area contributed by atoms with Gasteiger partial charge >= 0.3 is 6.09 Å². The third-order valence-electron chi connectivity index (χ3n) is 5.88. The molecule has 160 valence electrons. The summed E-state index contributed by atoms with van der Waals surface area (Å²) in [6.45, 7) is 2.44. The third-order valence-corrected chi connectivity index (χ3v) is 6.26. The molecule has 2 aromatic rings. The topological polar surface area (TPSA) is 66.2 Å². The number of halogens is 3. The first-order chi connectivity index (χ1) is 14.4. The molecular weight excluding hydrogens is 420 g/mol. The van der Waals surface area contributed by atoms with Crippen LogP contribution in [-0.2, 0) is 4.74 Å². The van der Waals surface area contributed by atoms with Crippen molar-refractivity contribution in [3.8, 4) is 0 Å². The summed E-state index contributed by atoms with van der Waals surface area (Å²) < 4.78 is 37.8. The van der Waals surface area contributed by atoms with Gasteiger partial charge in [-0.05, 0) is 36.5 Å². The average molecular weight is 440 g/mol. The second-order valence-electron chi connectivity index (χ2n) is 7.79. The number of benzene rings is 1. The van der Waals surface area contributed by atoms with Crippen molar-refractivity contribution >= 4 is 34.6 Å². The molecule has 1 saturated carbocycles. The monoisotopic (exact) mass is 439 g/mol. The molecular formula is C20H20ClF2N3O4. The Hall–Kier alpha value is -2.39. The van der Waals surface area contributed by atoms with Gasteiger partial charge in [-0.3, -0.25) is 4.79 Å². The smallest absolute Gasteiger partial charge is 0.424 e. The molecule has 3 heterocycles. The standard InChI is InChI=1S/C20H20ClF2N3O4/c21-15-13-9-12(11-1-2-11)10-14(18(22)23)16(13)30-17(15)19(27)24-3-5-25(6-4-24)26-7-8-29-20(26)28/h9-11,18H,1-8H2. The van der Waals surface area contributed by atoms with Gasteiger partial charge in [-0.2, -0.15) is 0 Å². The van der Waals surface area contributed by atoms with E-state index < -0.39 is 12.3 Å². The number of hydrogen-bond acceptors (Lipinski definition) is 5. The molecule has 0 radical (unpaired) electrons.